The zero-order valence-electron chi connectivity index (χ0n) is 15.7. The average Bonchev–Trinajstić information content (AvgIpc) is 3.12. The highest BCUT2D eigenvalue weighted by atomic mass is 16.4. The van der Waals surface area contributed by atoms with E-state index in [-0.39, 0.29) is 36.5 Å². The maximum Gasteiger partial charge on any atom is 0.317 e. The maximum atomic E-state index is 12.4. The van der Waals surface area contributed by atoms with E-state index in [2.05, 4.69) is 5.32 Å². The number of aliphatic hydroxyl groups is 1. The van der Waals surface area contributed by atoms with E-state index in [9.17, 15) is 19.8 Å². The predicted molar refractivity (Wildman–Crippen MR) is 99.3 cm³/mol. The molecule has 2 rings (SSSR count). The molecule has 0 bridgehead atoms. The van der Waals surface area contributed by atoms with Crippen LogP contribution in [0.2, 0.25) is 0 Å². The number of nitrogens with one attached hydrogen (secondary N) is 1. The highest BCUT2D eigenvalue weighted by Gasteiger charge is 2.18. The summed E-state index contributed by atoms with van der Waals surface area (Å²) in [6, 6.07) is 9.12. The Balaban J connectivity index is 1.92. The Morgan fingerprint density at radius 3 is 2.59 bits per heavy atom. The van der Waals surface area contributed by atoms with E-state index in [1.807, 2.05) is 0 Å². The number of likely N-dealkylation sites (N-methyl/N-ethyl adjacent to an activating group) is 1. The van der Waals surface area contributed by atoms with Crippen molar-refractivity contribution in [1.29, 1.82) is 0 Å². The van der Waals surface area contributed by atoms with Gasteiger partial charge in [-0.3, -0.25) is 4.79 Å². The van der Waals surface area contributed by atoms with Gasteiger partial charge in [0.15, 0.2) is 5.76 Å². The largest absolute Gasteiger partial charge is 0.508 e. The molecule has 3 N–H and O–H groups in total. The lowest BCUT2D eigenvalue weighted by Gasteiger charge is -2.24. The van der Waals surface area contributed by atoms with Crippen molar-refractivity contribution in [3.63, 3.8) is 0 Å². The SMILES string of the molecule is CCN(CC(O)c1cccc(O)c1)C(=O)NCc1ccc(C(=O)N(C)C)o1. The average molecular weight is 375 g/mol. The summed E-state index contributed by atoms with van der Waals surface area (Å²) < 4.78 is 5.43. The number of carbonyl (C=O) groups excluding carboxylic acids is 2. The van der Waals surface area contributed by atoms with Gasteiger partial charge in [-0.05, 0) is 36.8 Å². The number of amides is 3. The summed E-state index contributed by atoms with van der Waals surface area (Å²) in [6.45, 7) is 2.40. The summed E-state index contributed by atoms with van der Waals surface area (Å²) in [7, 11) is 3.26. The van der Waals surface area contributed by atoms with Crippen LogP contribution in [0.5, 0.6) is 5.75 Å². The Morgan fingerprint density at radius 2 is 1.96 bits per heavy atom. The maximum absolute atomic E-state index is 12.4. The normalized spacial score (nSPS) is 11.7. The smallest absolute Gasteiger partial charge is 0.317 e. The van der Waals surface area contributed by atoms with E-state index in [0.29, 0.717) is 17.9 Å². The van der Waals surface area contributed by atoms with E-state index < -0.39 is 6.10 Å². The highest BCUT2D eigenvalue weighted by Crippen LogP contribution is 2.19. The number of aromatic hydroxyl groups is 1. The number of furan rings is 1. The minimum Gasteiger partial charge on any atom is -0.508 e. The van der Waals surface area contributed by atoms with Crippen molar-refractivity contribution in [1.82, 2.24) is 15.1 Å². The lowest BCUT2D eigenvalue weighted by atomic mass is 10.1. The lowest BCUT2D eigenvalue weighted by molar-refractivity contribution is 0.0794. The molecule has 27 heavy (non-hydrogen) atoms. The molecule has 0 spiro atoms. The van der Waals surface area contributed by atoms with Crippen LogP contribution in [0.15, 0.2) is 40.8 Å². The zero-order chi connectivity index (χ0) is 20.0. The number of rotatable bonds is 7. The quantitative estimate of drug-likeness (QED) is 0.686. The molecule has 8 heteroatoms. The van der Waals surface area contributed by atoms with Crippen molar-refractivity contribution in [2.24, 2.45) is 0 Å². The van der Waals surface area contributed by atoms with Crippen LogP contribution in [-0.4, -0.2) is 59.1 Å². The zero-order valence-corrected chi connectivity index (χ0v) is 15.7. The summed E-state index contributed by atoms with van der Waals surface area (Å²) in [5.41, 5.74) is 0.527. The van der Waals surface area contributed by atoms with Crippen LogP contribution in [0.25, 0.3) is 0 Å². The van der Waals surface area contributed by atoms with Gasteiger partial charge in [-0.2, -0.15) is 0 Å². The molecule has 2 aromatic rings. The number of phenols is 1. The molecule has 3 amide bonds. The number of benzene rings is 1. The van der Waals surface area contributed by atoms with Gasteiger partial charge in [0.05, 0.1) is 19.2 Å². The minimum absolute atomic E-state index is 0.0555. The first-order valence-corrected chi connectivity index (χ1v) is 8.62. The number of hydrogen-bond donors (Lipinski definition) is 3. The predicted octanol–water partition coefficient (Wildman–Crippen LogP) is 1.95. The molecule has 0 radical (unpaired) electrons. The third-order valence-corrected chi connectivity index (χ3v) is 4.01. The number of phenolic OH excluding ortho intramolecular Hbond substituents is 1. The molecular weight excluding hydrogens is 350 g/mol. The third-order valence-electron chi connectivity index (χ3n) is 4.01. The van der Waals surface area contributed by atoms with Crippen LogP contribution >= 0.6 is 0 Å². The Hall–Kier alpha value is -3.00. The second-order valence-corrected chi connectivity index (χ2v) is 6.27. The number of urea groups is 1. The number of hydrogen-bond acceptors (Lipinski definition) is 5. The van der Waals surface area contributed by atoms with Crippen molar-refractivity contribution in [2.45, 2.75) is 19.6 Å². The topological polar surface area (TPSA) is 106 Å². The summed E-state index contributed by atoms with van der Waals surface area (Å²) in [6.07, 6.45) is -0.921. The summed E-state index contributed by atoms with van der Waals surface area (Å²) >= 11 is 0. The van der Waals surface area contributed by atoms with Gasteiger partial charge in [-0.1, -0.05) is 12.1 Å². The van der Waals surface area contributed by atoms with E-state index in [1.54, 1.807) is 45.3 Å². The van der Waals surface area contributed by atoms with Gasteiger partial charge in [-0.25, -0.2) is 4.79 Å². The van der Waals surface area contributed by atoms with Crippen molar-refractivity contribution in [3.8, 4) is 5.75 Å². The van der Waals surface area contributed by atoms with E-state index in [1.165, 1.54) is 21.9 Å². The molecule has 0 saturated heterocycles. The molecule has 1 aromatic carbocycles. The van der Waals surface area contributed by atoms with Gasteiger partial charge >= 0.3 is 6.03 Å². The first kappa shape index (κ1) is 20.3. The molecule has 1 heterocycles. The molecule has 8 nitrogen and oxygen atoms in total. The summed E-state index contributed by atoms with van der Waals surface area (Å²) in [5.74, 6) is 0.464. The van der Waals surface area contributed by atoms with Crippen molar-refractivity contribution in [3.05, 3.63) is 53.5 Å². The van der Waals surface area contributed by atoms with Gasteiger partial charge in [0.2, 0.25) is 0 Å². The van der Waals surface area contributed by atoms with E-state index >= 15 is 0 Å². The number of carbonyl (C=O) groups is 2. The number of aliphatic hydroxyl groups excluding tert-OH is 1. The van der Waals surface area contributed by atoms with Crippen molar-refractivity contribution >= 4 is 11.9 Å². The molecular formula is C19H25N3O5. The van der Waals surface area contributed by atoms with Crippen molar-refractivity contribution < 1.29 is 24.2 Å². The van der Waals surface area contributed by atoms with E-state index in [4.69, 9.17) is 4.42 Å². The monoisotopic (exact) mass is 375 g/mol. The summed E-state index contributed by atoms with van der Waals surface area (Å²) in [4.78, 5) is 27.0. The second-order valence-electron chi connectivity index (χ2n) is 6.27. The molecule has 146 valence electrons. The fourth-order valence-corrected chi connectivity index (χ4v) is 2.48. The van der Waals surface area contributed by atoms with Gasteiger partial charge in [0.1, 0.15) is 11.5 Å². The van der Waals surface area contributed by atoms with Crippen LogP contribution in [0.3, 0.4) is 0 Å². The lowest BCUT2D eigenvalue weighted by Crippen LogP contribution is -2.41. The Kier molecular flexibility index (Phi) is 6.84. The van der Waals surface area contributed by atoms with E-state index in [0.717, 1.165) is 0 Å². The Labute approximate surface area is 158 Å². The first-order chi connectivity index (χ1) is 12.8. The fourth-order valence-electron chi connectivity index (χ4n) is 2.48. The van der Waals surface area contributed by atoms with Gasteiger partial charge in [0, 0.05) is 20.6 Å². The molecule has 1 atom stereocenters. The molecule has 1 aromatic heterocycles. The van der Waals surface area contributed by atoms with Crippen LogP contribution in [0.4, 0.5) is 4.79 Å². The van der Waals surface area contributed by atoms with Crippen molar-refractivity contribution in [2.75, 3.05) is 27.2 Å². The fraction of sp³-hybridized carbons (Fsp3) is 0.368. The standard InChI is InChI=1S/C19H25N3O5/c1-4-22(12-16(24)13-6-5-7-14(23)10-13)19(26)20-11-15-8-9-17(27-15)18(25)21(2)3/h5-10,16,23-24H,4,11-12H2,1-3H3,(H,20,26). The van der Waals surface area contributed by atoms with Gasteiger partial charge in [-0.15, -0.1) is 0 Å². The molecule has 0 aliphatic rings. The summed E-state index contributed by atoms with van der Waals surface area (Å²) in [5, 5.41) is 22.5. The Bertz CT molecular complexity index is 787. The molecule has 0 aliphatic carbocycles. The van der Waals surface area contributed by atoms with Gasteiger partial charge in [0.25, 0.3) is 5.91 Å². The third kappa shape index (κ3) is 5.49. The molecule has 1 unspecified atom stereocenters. The molecule has 0 aliphatic heterocycles. The minimum atomic E-state index is -0.921. The second kappa shape index (κ2) is 9.09. The van der Waals surface area contributed by atoms with Crippen LogP contribution in [0, 0.1) is 0 Å². The Morgan fingerprint density at radius 1 is 1.22 bits per heavy atom. The van der Waals surface area contributed by atoms with Crippen LogP contribution in [0.1, 0.15) is 34.9 Å². The highest BCUT2D eigenvalue weighted by molar-refractivity contribution is 5.91. The number of nitrogens with zero attached hydrogens (tertiary/aromatic N) is 2. The molecule has 0 fully saturated rings. The first-order valence-electron chi connectivity index (χ1n) is 8.62. The van der Waals surface area contributed by atoms with Gasteiger partial charge < -0.3 is 29.7 Å². The molecule has 0 saturated carbocycles. The van der Waals surface area contributed by atoms with Crippen LogP contribution in [-0.2, 0) is 6.54 Å². The van der Waals surface area contributed by atoms with Crippen LogP contribution < -0.4 is 5.32 Å².